The minimum absolute atomic E-state index is 0.0979. The first-order valence-corrected chi connectivity index (χ1v) is 5.77. The second kappa shape index (κ2) is 4.54. The molecule has 0 radical (unpaired) electrons. The fourth-order valence-corrected chi connectivity index (χ4v) is 1.94. The molecule has 3 aromatic rings. The van der Waals surface area contributed by atoms with Crippen LogP contribution in [0.25, 0.3) is 16.6 Å². The molecule has 0 saturated carbocycles. The number of nitro benzene ring substituents is 1. The second-order valence-corrected chi connectivity index (χ2v) is 4.07. The lowest BCUT2D eigenvalue weighted by molar-refractivity contribution is -0.384. The van der Waals surface area contributed by atoms with E-state index in [1.165, 1.54) is 18.2 Å². The van der Waals surface area contributed by atoms with Gasteiger partial charge in [-0.2, -0.15) is 4.68 Å². The fourth-order valence-electron chi connectivity index (χ4n) is 1.94. The van der Waals surface area contributed by atoms with Crippen LogP contribution in [-0.4, -0.2) is 19.9 Å². The molecule has 0 spiro atoms. The number of hydrogen-bond donors (Lipinski definition) is 0. The van der Waals surface area contributed by atoms with Crippen LogP contribution in [-0.2, 0) is 0 Å². The van der Waals surface area contributed by atoms with Crippen molar-refractivity contribution in [3.8, 4) is 5.69 Å². The first-order valence-electron chi connectivity index (χ1n) is 5.77. The molecule has 0 unspecified atom stereocenters. The first kappa shape index (κ1) is 12.0. The normalized spacial score (nSPS) is 10.6. The van der Waals surface area contributed by atoms with Crippen molar-refractivity contribution in [3.05, 3.63) is 69.0 Å². The summed E-state index contributed by atoms with van der Waals surface area (Å²) in [6, 6.07) is 12.6. The van der Waals surface area contributed by atoms with Crippen LogP contribution in [0.3, 0.4) is 0 Å². The molecule has 7 nitrogen and oxygen atoms in total. The average Bonchev–Trinajstić information content (AvgIpc) is 2.48. The van der Waals surface area contributed by atoms with E-state index in [-0.39, 0.29) is 11.4 Å². The lowest BCUT2D eigenvalue weighted by Gasteiger charge is -2.05. The van der Waals surface area contributed by atoms with Crippen molar-refractivity contribution in [1.29, 1.82) is 0 Å². The van der Waals surface area contributed by atoms with E-state index < -0.39 is 10.5 Å². The monoisotopic (exact) mass is 268 g/mol. The maximum atomic E-state index is 12.3. The highest BCUT2D eigenvalue weighted by Gasteiger charge is 2.17. The van der Waals surface area contributed by atoms with Crippen molar-refractivity contribution in [3.63, 3.8) is 0 Å². The largest absolute Gasteiger partial charge is 0.295 e. The highest BCUT2D eigenvalue weighted by atomic mass is 16.6. The Bertz CT molecular complexity index is 873. The molecule has 20 heavy (non-hydrogen) atoms. The third-order valence-electron chi connectivity index (χ3n) is 2.88. The van der Waals surface area contributed by atoms with Crippen molar-refractivity contribution in [2.24, 2.45) is 0 Å². The fraction of sp³-hybridized carbons (Fsp3) is 0. The van der Waals surface area contributed by atoms with Gasteiger partial charge in [-0.25, -0.2) is 0 Å². The number of rotatable bonds is 2. The first-order chi connectivity index (χ1) is 9.68. The number of fused-ring (bicyclic) bond motifs is 1. The standard InChI is InChI=1S/C13H8N4O3/c18-13-9-5-1-2-6-10(9)14-15-16(13)11-7-3-4-8-12(11)17(19)20/h1-8H. The Morgan fingerprint density at radius 1 is 1.05 bits per heavy atom. The lowest BCUT2D eigenvalue weighted by Crippen LogP contribution is -2.23. The van der Waals surface area contributed by atoms with Gasteiger partial charge < -0.3 is 0 Å². The van der Waals surface area contributed by atoms with Gasteiger partial charge in [0.1, 0.15) is 11.2 Å². The smallest absolute Gasteiger partial charge is 0.267 e. The van der Waals surface area contributed by atoms with Gasteiger partial charge in [0.25, 0.3) is 11.2 Å². The average molecular weight is 268 g/mol. The molecule has 0 aliphatic carbocycles. The molecule has 3 rings (SSSR count). The quantitative estimate of drug-likeness (QED) is 0.521. The summed E-state index contributed by atoms with van der Waals surface area (Å²) in [4.78, 5) is 22.8. The van der Waals surface area contributed by atoms with Gasteiger partial charge in [0.15, 0.2) is 0 Å². The van der Waals surface area contributed by atoms with Gasteiger partial charge in [-0.3, -0.25) is 14.9 Å². The number of hydrogen-bond acceptors (Lipinski definition) is 5. The van der Waals surface area contributed by atoms with E-state index in [1.807, 2.05) is 0 Å². The maximum absolute atomic E-state index is 12.3. The van der Waals surface area contributed by atoms with Gasteiger partial charge in [-0.1, -0.05) is 29.5 Å². The van der Waals surface area contributed by atoms with Gasteiger partial charge in [0.2, 0.25) is 0 Å². The molecular weight excluding hydrogens is 260 g/mol. The Balaban J connectivity index is 2.34. The number of benzene rings is 2. The topological polar surface area (TPSA) is 90.9 Å². The molecule has 0 N–H and O–H groups in total. The van der Waals surface area contributed by atoms with Crippen molar-refractivity contribution >= 4 is 16.6 Å². The van der Waals surface area contributed by atoms with Gasteiger partial charge in [-0.05, 0) is 18.2 Å². The zero-order chi connectivity index (χ0) is 14.1. The zero-order valence-corrected chi connectivity index (χ0v) is 10.1. The van der Waals surface area contributed by atoms with Crippen molar-refractivity contribution < 1.29 is 4.92 Å². The van der Waals surface area contributed by atoms with Crippen LogP contribution < -0.4 is 5.56 Å². The number of nitro groups is 1. The summed E-state index contributed by atoms with van der Waals surface area (Å²) in [7, 11) is 0. The summed E-state index contributed by atoms with van der Waals surface area (Å²) < 4.78 is 0.945. The van der Waals surface area contributed by atoms with Crippen LogP contribution in [0.4, 0.5) is 5.69 Å². The molecule has 98 valence electrons. The van der Waals surface area contributed by atoms with Crippen LogP contribution in [0.15, 0.2) is 53.3 Å². The molecule has 0 atom stereocenters. The van der Waals surface area contributed by atoms with E-state index in [0.717, 1.165) is 4.68 Å². The van der Waals surface area contributed by atoms with E-state index in [4.69, 9.17) is 0 Å². The number of aromatic nitrogens is 3. The summed E-state index contributed by atoms with van der Waals surface area (Å²) >= 11 is 0. The van der Waals surface area contributed by atoms with Crippen molar-refractivity contribution in [1.82, 2.24) is 15.0 Å². The van der Waals surface area contributed by atoms with Gasteiger partial charge in [-0.15, -0.1) is 5.10 Å². The van der Waals surface area contributed by atoms with Crippen LogP contribution in [0, 0.1) is 10.1 Å². The van der Waals surface area contributed by atoms with Crippen LogP contribution in [0.5, 0.6) is 0 Å². The zero-order valence-electron chi connectivity index (χ0n) is 10.1. The SMILES string of the molecule is O=c1c2ccccc2nnn1-c1ccccc1[N+](=O)[O-]. The molecule has 0 fully saturated rings. The Hall–Kier alpha value is -3.09. The molecule has 7 heteroatoms. The number of para-hydroxylation sites is 2. The maximum Gasteiger partial charge on any atom is 0.295 e. The molecule has 0 aliphatic heterocycles. The van der Waals surface area contributed by atoms with Crippen LogP contribution in [0.2, 0.25) is 0 Å². The highest BCUT2D eigenvalue weighted by Crippen LogP contribution is 2.20. The third-order valence-corrected chi connectivity index (χ3v) is 2.88. The van der Waals surface area contributed by atoms with Crippen LogP contribution in [0.1, 0.15) is 0 Å². The van der Waals surface area contributed by atoms with Crippen LogP contribution >= 0.6 is 0 Å². The number of nitrogens with zero attached hydrogens (tertiary/aromatic N) is 4. The Labute approximate surface area is 112 Å². The van der Waals surface area contributed by atoms with E-state index >= 15 is 0 Å². The summed E-state index contributed by atoms with van der Waals surface area (Å²) in [6.07, 6.45) is 0. The Morgan fingerprint density at radius 2 is 1.75 bits per heavy atom. The molecule has 0 saturated heterocycles. The Kier molecular flexibility index (Phi) is 2.72. The molecule has 0 aliphatic rings. The minimum atomic E-state index is -0.557. The lowest BCUT2D eigenvalue weighted by atomic mass is 10.2. The van der Waals surface area contributed by atoms with E-state index in [2.05, 4.69) is 10.3 Å². The van der Waals surface area contributed by atoms with Gasteiger partial charge in [0, 0.05) is 6.07 Å². The van der Waals surface area contributed by atoms with Crippen molar-refractivity contribution in [2.75, 3.05) is 0 Å². The van der Waals surface area contributed by atoms with E-state index in [9.17, 15) is 14.9 Å². The molecule has 0 bridgehead atoms. The van der Waals surface area contributed by atoms with E-state index in [1.54, 1.807) is 30.3 Å². The molecule has 2 aromatic carbocycles. The summed E-state index contributed by atoms with van der Waals surface area (Å²) in [5.41, 5.74) is -0.0860. The predicted octanol–water partition coefficient (Wildman–Crippen LogP) is 1.69. The van der Waals surface area contributed by atoms with Crippen molar-refractivity contribution in [2.45, 2.75) is 0 Å². The molecule has 0 amide bonds. The molecule has 1 heterocycles. The third kappa shape index (κ3) is 1.81. The Morgan fingerprint density at radius 3 is 2.55 bits per heavy atom. The van der Waals surface area contributed by atoms with E-state index in [0.29, 0.717) is 10.9 Å². The second-order valence-electron chi connectivity index (χ2n) is 4.07. The molecular formula is C13H8N4O3. The molecule has 1 aromatic heterocycles. The predicted molar refractivity (Wildman–Crippen MR) is 71.8 cm³/mol. The summed E-state index contributed by atoms with van der Waals surface area (Å²) in [5.74, 6) is 0. The summed E-state index contributed by atoms with van der Waals surface area (Å²) in [6.45, 7) is 0. The summed E-state index contributed by atoms with van der Waals surface area (Å²) in [5, 5.41) is 19.1. The minimum Gasteiger partial charge on any atom is -0.267 e. The van der Waals surface area contributed by atoms with Gasteiger partial charge >= 0.3 is 0 Å². The van der Waals surface area contributed by atoms with Gasteiger partial charge in [0.05, 0.1) is 10.3 Å². The highest BCUT2D eigenvalue weighted by molar-refractivity contribution is 5.77.